The van der Waals surface area contributed by atoms with Crippen LogP contribution in [-0.2, 0) is 17.7 Å². The number of nitrogens with one attached hydrogen (secondary N) is 1. The number of aryl methyl sites for hydroxylation is 2. The van der Waals surface area contributed by atoms with E-state index in [4.69, 9.17) is 9.15 Å². The van der Waals surface area contributed by atoms with Crippen LogP contribution in [-0.4, -0.2) is 45.9 Å². The van der Waals surface area contributed by atoms with Gasteiger partial charge in [0.2, 0.25) is 0 Å². The molecule has 2 saturated heterocycles. The van der Waals surface area contributed by atoms with Gasteiger partial charge >= 0.3 is 0 Å². The van der Waals surface area contributed by atoms with E-state index >= 15 is 0 Å². The highest BCUT2D eigenvalue weighted by Crippen LogP contribution is 2.36. The van der Waals surface area contributed by atoms with Gasteiger partial charge in [-0.2, -0.15) is 5.10 Å². The minimum Gasteiger partial charge on any atom is -0.465 e. The molecule has 0 aromatic carbocycles. The van der Waals surface area contributed by atoms with Crippen LogP contribution in [0.3, 0.4) is 0 Å². The molecule has 3 atom stereocenters. The van der Waals surface area contributed by atoms with E-state index in [1.807, 2.05) is 19.9 Å². The largest absolute Gasteiger partial charge is 0.465 e. The lowest BCUT2D eigenvalue weighted by atomic mass is 9.83. The molecule has 2 aliphatic heterocycles. The van der Waals surface area contributed by atoms with Gasteiger partial charge in [0, 0.05) is 18.9 Å². The lowest BCUT2D eigenvalue weighted by Gasteiger charge is -2.35. The zero-order valence-electron chi connectivity index (χ0n) is 13.8. The van der Waals surface area contributed by atoms with Crippen LogP contribution >= 0.6 is 0 Å². The molecule has 0 radical (unpaired) electrons. The van der Waals surface area contributed by atoms with Crippen molar-refractivity contribution in [2.75, 3.05) is 19.7 Å². The van der Waals surface area contributed by atoms with Crippen molar-refractivity contribution in [2.24, 2.45) is 11.8 Å². The van der Waals surface area contributed by atoms with Crippen molar-refractivity contribution in [1.82, 2.24) is 20.1 Å². The highest BCUT2D eigenvalue weighted by molar-refractivity contribution is 5.06. The number of furan rings is 1. The molecule has 0 bridgehead atoms. The summed E-state index contributed by atoms with van der Waals surface area (Å²) in [7, 11) is 0. The Morgan fingerprint density at radius 3 is 3.00 bits per heavy atom. The first kappa shape index (κ1) is 14.9. The van der Waals surface area contributed by atoms with Crippen molar-refractivity contribution in [3.05, 3.63) is 35.3 Å². The Morgan fingerprint density at radius 1 is 1.35 bits per heavy atom. The van der Waals surface area contributed by atoms with E-state index in [2.05, 4.69) is 26.1 Å². The van der Waals surface area contributed by atoms with E-state index < -0.39 is 0 Å². The third-order valence-corrected chi connectivity index (χ3v) is 5.08. The zero-order valence-corrected chi connectivity index (χ0v) is 13.8. The maximum Gasteiger partial charge on any atom is 0.153 e. The van der Waals surface area contributed by atoms with E-state index in [0.717, 1.165) is 55.8 Å². The normalized spacial score (nSPS) is 28.2. The van der Waals surface area contributed by atoms with Gasteiger partial charge in [0.05, 0.1) is 19.3 Å². The second-order valence-corrected chi connectivity index (χ2v) is 6.87. The average Bonchev–Trinajstić information content (AvgIpc) is 3.22. The Labute approximate surface area is 136 Å². The number of nitrogens with zero attached hydrogens (tertiary/aromatic N) is 3. The SMILES string of the molecule is Cc1nc(C[C@H]2OC[C@H]3CN(Cc4ccc(C)o4)CC[C@H]32)n[nH]1. The van der Waals surface area contributed by atoms with Gasteiger partial charge < -0.3 is 9.15 Å². The van der Waals surface area contributed by atoms with Crippen molar-refractivity contribution in [2.45, 2.75) is 39.3 Å². The number of aromatic amines is 1. The summed E-state index contributed by atoms with van der Waals surface area (Å²) in [5, 5.41) is 7.17. The van der Waals surface area contributed by atoms with Crippen LogP contribution in [0, 0.1) is 25.7 Å². The molecule has 0 unspecified atom stereocenters. The van der Waals surface area contributed by atoms with Crippen molar-refractivity contribution < 1.29 is 9.15 Å². The summed E-state index contributed by atoms with van der Waals surface area (Å²) in [6.45, 7) is 7.88. The summed E-state index contributed by atoms with van der Waals surface area (Å²) in [6, 6.07) is 4.12. The first-order valence-corrected chi connectivity index (χ1v) is 8.44. The maximum absolute atomic E-state index is 6.07. The second-order valence-electron chi connectivity index (χ2n) is 6.87. The molecule has 6 nitrogen and oxygen atoms in total. The van der Waals surface area contributed by atoms with Gasteiger partial charge in [0.15, 0.2) is 5.82 Å². The molecule has 23 heavy (non-hydrogen) atoms. The minimum atomic E-state index is 0.267. The Morgan fingerprint density at radius 2 is 2.26 bits per heavy atom. The van der Waals surface area contributed by atoms with Crippen LogP contribution < -0.4 is 0 Å². The molecule has 1 N–H and O–H groups in total. The summed E-state index contributed by atoms with van der Waals surface area (Å²) >= 11 is 0. The fourth-order valence-corrected chi connectivity index (χ4v) is 3.97. The van der Waals surface area contributed by atoms with Crippen LogP contribution in [0.4, 0.5) is 0 Å². The van der Waals surface area contributed by atoms with Crippen LogP contribution in [0.25, 0.3) is 0 Å². The summed E-state index contributed by atoms with van der Waals surface area (Å²) in [4.78, 5) is 6.90. The number of piperidine rings is 1. The first-order chi connectivity index (χ1) is 11.2. The molecule has 2 aliphatic rings. The van der Waals surface area contributed by atoms with Crippen LogP contribution in [0.1, 0.15) is 29.6 Å². The summed E-state index contributed by atoms with van der Waals surface area (Å²) in [5.74, 6) is 5.04. The Hall–Kier alpha value is -1.66. The van der Waals surface area contributed by atoms with Gasteiger partial charge in [-0.05, 0) is 44.9 Å². The summed E-state index contributed by atoms with van der Waals surface area (Å²) in [5.41, 5.74) is 0. The smallest absolute Gasteiger partial charge is 0.153 e. The molecule has 0 aliphatic carbocycles. The lowest BCUT2D eigenvalue weighted by Crippen LogP contribution is -2.41. The predicted octanol–water partition coefficient (Wildman–Crippen LogP) is 2.09. The van der Waals surface area contributed by atoms with E-state index in [1.165, 1.54) is 6.42 Å². The van der Waals surface area contributed by atoms with Gasteiger partial charge in [0.25, 0.3) is 0 Å². The van der Waals surface area contributed by atoms with Gasteiger partial charge in [-0.15, -0.1) is 0 Å². The van der Waals surface area contributed by atoms with Crippen molar-refractivity contribution >= 4 is 0 Å². The molecule has 2 fully saturated rings. The van der Waals surface area contributed by atoms with E-state index in [9.17, 15) is 0 Å². The molecule has 0 saturated carbocycles. The summed E-state index contributed by atoms with van der Waals surface area (Å²) in [6.07, 6.45) is 2.27. The fraction of sp³-hybridized carbons (Fsp3) is 0.647. The quantitative estimate of drug-likeness (QED) is 0.935. The molecule has 4 heterocycles. The molecule has 124 valence electrons. The number of fused-ring (bicyclic) bond motifs is 1. The first-order valence-electron chi connectivity index (χ1n) is 8.44. The highest BCUT2D eigenvalue weighted by Gasteiger charge is 2.41. The topological polar surface area (TPSA) is 67.2 Å². The number of ether oxygens (including phenoxy) is 1. The van der Waals surface area contributed by atoms with E-state index in [-0.39, 0.29) is 6.10 Å². The standard InChI is InChI=1S/C17H24N4O2/c1-11-3-4-14(23-11)9-21-6-5-15-13(8-21)10-22-16(15)7-17-18-12(2)19-20-17/h3-4,13,15-16H,5-10H2,1-2H3,(H,18,19,20)/t13-,15-,16-/m1/s1. The fourth-order valence-electron chi connectivity index (χ4n) is 3.97. The van der Waals surface area contributed by atoms with Crippen molar-refractivity contribution in [3.63, 3.8) is 0 Å². The maximum atomic E-state index is 6.07. The van der Waals surface area contributed by atoms with E-state index in [1.54, 1.807) is 0 Å². The van der Waals surface area contributed by atoms with Gasteiger partial charge in [-0.1, -0.05) is 0 Å². The second kappa shape index (κ2) is 6.09. The Balaban J connectivity index is 1.35. The highest BCUT2D eigenvalue weighted by atomic mass is 16.5. The van der Waals surface area contributed by atoms with E-state index in [0.29, 0.717) is 11.8 Å². The molecule has 2 aromatic heterocycles. The van der Waals surface area contributed by atoms with Crippen LogP contribution in [0.2, 0.25) is 0 Å². The van der Waals surface area contributed by atoms with Crippen molar-refractivity contribution in [1.29, 1.82) is 0 Å². The predicted molar refractivity (Wildman–Crippen MR) is 84.9 cm³/mol. The molecule has 6 heteroatoms. The number of hydrogen-bond acceptors (Lipinski definition) is 5. The monoisotopic (exact) mass is 316 g/mol. The lowest BCUT2D eigenvalue weighted by molar-refractivity contribution is 0.0827. The minimum absolute atomic E-state index is 0.267. The van der Waals surface area contributed by atoms with Crippen molar-refractivity contribution in [3.8, 4) is 0 Å². The van der Waals surface area contributed by atoms with Gasteiger partial charge in [-0.3, -0.25) is 10.00 Å². The van der Waals surface area contributed by atoms with Crippen LogP contribution in [0.5, 0.6) is 0 Å². The van der Waals surface area contributed by atoms with Gasteiger partial charge in [-0.25, -0.2) is 4.98 Å². The molecule has 0 spiro atoms. The zero-order chi connectivity index (χ0) is 15.8. The number of rotatable bonds is 4. The van der Waals surface area contributed by atoms with Crippen LogP contribution in [0.15, 0.2) is 16.5 Å². The number of likely N-dealkylation sites (tertiary alicyclic amines) is 1. The number of aromatic nitrogens is 3. The molecule has 2 aromatic rings. The third kappa shape index (κ3) is 3.19. The van der Waals surface area contributed by atoms with Gasteiger partial charge in [0.1, 0.15) is 17.3 Å². The third-order valence-electron chi connectivity index (χ3n) is 5.08. The number of H-pyrrole nitrogens is 1. The molecular formula is C17H24N4O2. The molecule has 0 amide bonds. The molecular weight excluding hydrogens is 292 g/mol. The Bertz CT molecular complexity index is 665. The average molecular weight is 316 g/mol. The number of hydrogen-bond donors (Lipinski definition) is 1. The molecule has 4 rings (SSSR count). The summed E-state index contributed by atoms with van der Waals surface area (Å²) < 4.78 is 11.8. The Kier molecular flexibility index (Phi) is 3.95.